The number of aromatic nitrogens is 2. The van der Waals surface area contributed by atoms with E-state index < -0.39 is 0 Å². The summed E-state index contributed by atoms with van der Waals surface area (Å²) < 4.78 is 0. The highest BCUT2D eigenvalue weighted by molar-refractivity contribution is 5.38. The Bertz CT molecular complexity index is 262. The molecule has 0 radical (unpaired) electrons. The lowest BCUT2D eigenvalue weighted by Crippen LogP contribution is -1.93. The summed E-state index contributed by atoms with van der Waals surface area (Å²) >= 11 is 0. The summed E-state index contributed by atoms with van der Waals surface area (Å²) in [7, 11) is 0. The van der Waals surface area contributed by atoms with Crippen LogP contribution in [0.3, 0.4) is 0 Å². The van der Waals surface area contributed by atoms with Gasteiger partial charge in [-0.1, -0.05) is 13.8 Å². The standard InChI is InChI=1S/C9H13N3/c1-7(2)8-5-11-9(3-4-10)12-6-8/h3-7H,10H2,1-2H3. The van der Waals surface area contributed by atoms with E-state index >= 15 is 0 Å². The number of rotatable bonds is 2. The minimum absolute atomic E-state index is 0.473. The summed E-state index contributed by atoms with van der Waals surface area (Å²) in [4.78, 5) is 8.22. The summed E-state index contributed by atoms with van der Waals surface area (Å²) in [6.07, 6.45) is 6.76. The van der Waals surface area contributed by atoms with Crippen molar-refractivity contribution in [3.05, 3.63) is 30.0 Å². The molecule has 0 atom stereocenters. The van der Waals surface area contributed by atoms with E-state index in [1.807, 2.05) is 12.4 Å². The van der Waals surface area contributed by atoms with Crippen molar-refractivity contribution in [3.63, 3.8) is 0 Å². The lowest BCUT2D eigenvalue weighted by molar-refractivity contribution is 0.843. The number of hydrogen-bond donors (Lipinski definition) is 1. The first-order valence-corrected chi connectivity index (χ1v) is 3.94. The van der Waals surface area contributed by atoms with E-state index in [1.54, 1.807) is 6.08 Å². The molecule has 0 aromatic carbocycles. The van der Waals surface area contributed by atoms with E-state index in [4.69, 9.17) is 5.73 Å². The number of nitrogens with zero attached hydrogens (tertiary/aromatic N) is 2. The van der Waals surface area contributed by atoms with E-state index in [1.165, 1.54) is 6.20 Å². The second kappa shape index (κ2) is 3.85. The molecule has 2 N–H and O–H groups in total. The predicted molar refractivity (Wildman–Crippen MR) is 49.3 cm³/mol. The van der Waals surface area contributed by atoms with Crippen LogP contribution in [0.2, 0.25) is 0 Å². The van der Waals surface area contributed by atoms with Crippen molar-refractivity contribution in [2.24, 2.45) is 5.73 Å². The topological polar surface area (TPSA) is 51.8 Å². The first kappa shape index (κ1) is 8.71. The van der Waals surface area contributed by atoms with Crippen LogP contribution in [0.4, 0.5) is 0 Å². The largest absolute Gasteiger partial charge is 0.404 e. The maximum absolute atomic E-state index is 5.20. The highest BCUT2D eigenvalue weighted by Crippen LogP contribution is 2.10. The van der Waals surface area contributed by atoms with Gasteiger partial charge < -0.3 is 5.73 Å². The maximum Gasteiger partial charge on any atom is 0.153 e. The van der Waals surface area contributed by atoms with E-state index in [0.717, 1.165) is 5.56 Å². The second-order valence-corrected chi connectivity index (χ2v) is 2.89. The van der Waals surface area contributed by atoms with Crippen LogP contribution in [0.5, 0.6) is 0 Å². The van der Waals surface area contributed by atoms with E-state index in [-0.39, 0.29) is 0 Å². The van der Waals surface area contributed by atoms with Gasteiger partial charge in [0.15, 0.2) is 5.82 Å². The summed E-state index contributed by atoms with van der Waals surface area (Å²) in [5.74, 6) is 1.13. The molecule has 12 heavy (non-hydrogen) atoms. The minimum Gasteiger partial charge on any atom is -0.404 e. The Hall–Kier alpha value is -1.38. The summed E-state index contributed by atoms with van der Waals surface area (Å²) in [6.45, 7) is 4.22. The molecule has 0 spiro atoms. The molecule has 3 nitrogen and oxygen atoms in total. The minimum atomic E-state index is 0.473. The van der Waals surface area contributed by atoms with Gasteiger partial charge in [-0.05, 0) is 23.8 Å². The van der Waals surface area contributed by atoms with Gasteiger partial charge >= 0.3 is 0 Å². The molecule has 0 unspecified atom stereocenters. The second-order valence-electron chi connectivity index (χ2n) is 2.89. The van der Waals surface area contributed by atoms with Crippen LogP contribution < -0.4 is 5.73 Å². The smallest absolute Gasteiger partial charge is 0.153 e. The summed E-state index contributed by atoms with van der Waals surface area (Å²) in [6, 6.07) is 0. The average molecular weight is 163 g/mol. The van der Waals surface area contributed by atoms with Crippen LogP contribution in [-0.4, -0.2) is 9.97 Å². The summed E-state index contributed by atoms with van der Waals surface area (Å²) in [5.41, 5.74) is 6.34. The quantitative estimate of drug-likeness (QED) is 0.719. The molecule has 64 valence electrons. The highest BCUT2D eigenvalue weighted by atomic mass is 14.9. The molecule has 1 heterocycles. The third kappa shape index (κ3) is 2.05. The normalized spacial score (nSPS) is 11.2. The Morgan fingerprint density at radius 2 is 1.92 bits per heavy atom. The molecule has 0 bridgehead atoms. The summed E-state index contributed by atoms with van der Waals surface area (Å²) in [5, 5.41) is 0. The van der Waals surface area contributed by atoms with Crippen molar-refractivity contribution in [1.29, 1.82) is 0 Å². The van der Waals surface area contributed by atoms with Crippen LogP contribution in [0.25, 0.3) is 6.08 Å². The van der Waals surface area contributed by atoms with E-state index in [9.17, 15) is 0 Å². The van der Waals surface area contributed by atoms with Crippen molar-refractivity contribution >= 4 is 6.08 Å². The van der Waals surface area contributed by atoms with Crippen LogP contribution in [-0.2, 0) is 0 Å². The van der Waals surface area contributed by atoms with Crippen LogP contribution in [0.15, 0.2) is 18.6 Å². The van der Waals surface area contributed by atoms with Crippen molar-refractivity contribution in [2.45, 2.75) is 19.8 Å². The Labute approximate surface area is 72.3 Å². The highest BCUT2D eigenvalue weighted by Gasteiger charge is 1.98. The molecular weight excluding hydrogens is 150 g/mol. The Morgan fingerprint density at radius 3 is 2.33 bits per heavy atom. The molecule has 0 aliphatic rings. The molecule has 0 saturated heterocycles. The zero-order chi connectivity index (χ0) is 8.97. The van der Waals surface area contributed by atoms with Gasteiger partial charge in [0.2, 0.25) is 0 Å². The van der Waals surface area contributed by atoms with Crippen LogP contribution >= 0.6 is 0 Å². The van der Waals surface area contributed by atoms with Gasteiger partial charge in [-0.15, -0.1) is 0 Å². The molecule has 1 rings (SSSR count). The molecule has 0 saturated carbocycles. The van der Waals surface area contributed by atoms with E-state index in [2.05, 4.69) is 23.8 Å². The number of nitrogens with two attached hydrogens (primary N) is 1. The zero-order valence-electron chi connectivity index (χ0n) is 7.36. The molecular formula is C9H13N3. The predicted octanol–water partition coefficient (Wildman–Crippen LogP) is 1.53. The third-order valence-electron chi connectivity index (χ3n) is 1.60. The van der Waals surface area contributed by atoms with Gasteiger partial charge in [-0.2, -0.15) is 0 Å². The van der Waals surface area contributed by atoms with Gasteiger partial charge in [0.1, 0.15) is 0 Å². The van der Waals surface area contributed by atoms with Crippen LogP contribution in [0.1, 0.15) is 31.2 Å². The molecule has 0 aliphatic carbocycles. The molecule has 1 aromatic rings. The lowest BCUT2D eigenvalue weighted by atomic mass is 10.1. The van der Waals surface area contributed by atoms with E-state index in [0.29, 0.717) is 11.7 Å². The Kier molecular flexibility index (Phi) is 2.80. The van der Waals surface area contributed by atoms with Crippen molar-refractivity contribution in [2.75, 3.05) is 0 Å². The number of hydrogen-bond acceptors (Lipinski definition) is 3. The fourth-order valence-corrected chi connectivity index (χ4v) is 0.818. The molecule has 0 amide bonds. The molecule has 0 fully saturated rings. The molecule has 1 aromatic heterocycles. The van der Waals surface area contributed by atoms with Gasteiger partial charge in [0, 0.05) is 12.4 Å². The van der Waals surface area contributed by atoms with Crippen molar-refractivity contribution in [1.82, 2.24) is 9.97 Å². The fourth-order valence-electron chi connectivity index (χ4n) is 0.818. The van der Waals surface area contributed by atoms with Gasteiger partial charge in [-0.25, -0.2) is 9.97 Å². The lowest BCUT2D eigenvalue weighted by Gasteiger charge is -2.02. The van der Waals surface area contributed by atoms with Crippen molar-refractivity contribution in [3.8, 4) is 0 Å². The Balaban J connectivity index is 2.85. The average Bonchev–Trinajstić information content (AvgIpc) is 2.06. The third-order valence-corrected chi connectivity index (χ3v) is 1.60. The zero-order valence-corrected chi connectivity index (χ0v) is 7.36. The maximum atomic E-state index is 5.20. The first-order chi connectivity index (χ1) is 5.74. The monoisotopic (exact) mass is 163 g/mol. The van der Waals surface area contributed by atoms with Gasteiger partial charge in [0.25, 0.3) is 0 Å². The van der Waals surface area contributed by atoms with Gasteiger partial charge in [-0.3, -0.25) is 0 Å². The SMILES string of the molecule is CC(C)c1cnc(C=CN)nc1. The molecule has 0 aliphatic heterocycles. The Morgan fingerprint density at radius 1 is 1.33 bits per heavy atom. The fraction of sp³-hybridized carbons (Fsp3) is 0.333. The van der Waals surface area contributed by atoms with Gasteiger partial charge in [0.05, 0.1) is 0 Å². The molecule has 3 heteroatoms. The van der Waals surface area contributed by atoms with Crippen molar-refractivity contribution < 1.29 is 0 Å². The first-order valence-electron chi connectivity index (χ1n) is 3.94. The van der Waals surface area contributed by atoms with Crippen LogP contribution in [0, 0.1) is 0 Å².